The van der Waals surface area contributed by atoms with Gasteiger partial charge in [-0.1, -0.05) is 7.43 Å². The van der Waals surface area contributed by atoms with Crippen molar-refractivity contribution in [3.63, 3.8) is 0 Å². The monoisotopic (exact) mass is 147 g/mol. The maximum absolute atomic E-state index is 5.15. The summed E-state index contributed by atoms with van der Waals surface area (Å²) in [5.41, 5.74) is 0. The van der Waals surface area contributed by atoms with Gasteiger partial charge >= 0.3 is 0 Å². The molecular formula is C7H17NO2. The maximum Gasteiger partial charge on any atom is 0.0987 e. The summed E-state index contributed by atoms with van der Waals surface area (Å²) < 4.78 is 10.1. The summed E-state index contributed by atoms with van der Waals surface area (Å²) in [5.74, 6) is 0. The molecule has 0 radical (unpaired) electrons. The molecule has 62 valence electrons. The Balaban J connectivity index is 0.000000810. The van der Waals surface area contributed by atoms with Gasteiger partial charge in [0, 0.05) is 20.2 Å². The summed E-state index contributed by atoms with van der Waals surface area (Å²) >= 11 is 0. The Morgan fingerprint density at radius 2 is 2.00 bits per heavy atom. The molecule has 1 rings (SSSR count). The number of rotatable bonds is 2. The van der Waals surface area contributed by atoms with E-state index in [4.69, 9.17) is 9.47 Å². The highest BCUT2D eigenvalue weighted by Gasteiger charge is 2.07. The molecule has 3 nitrogen and oxygen atoms in total. The molecule has 0 N–H and O–H groups in total. The third-order valence-corrected chi connectivity index (χ3v) is 1.42. The molecule has 1 fully saturated rings. The zero-order valence-electron chi connectivity index (χ0n) is 5.80. The molecule has 0 aromatic carbocycles. The van der Waals surface area contributed by atoms with E-state index in [1.54, 1.807) is 7.11 Å². The molecule has 1 aliphatic rings. The number of ether oxygens (including phenoxy) is 2. The van der Waals surface area contributed by atoms with Crippen molar-refractivity contribution in [1.82, 2.24) is 4.90 Å². The molecule has 0 aromatic heterocycles. The molecule has 0 spiro atoms. The topological polar surface area (TPSA) is 21.7 Å². The van der Waals surface area contributed by atoms with Gasteiger partial charge in [0.15, 0.2) is 0 Å². The summed E-state index contributed by atoms with van der Waals surface area (Å²) in [6, 6.07) is 0. The molecule has 0 amide bonds. The van der Waals surface area contributed by atoms with Gasteiger partial charge in [-0.15, -0.1) is 0 Å². The lowest BCUT2D eigenvalue weighted by Crippen LogP contribution is -2.37. The summed E-state index contributed by atoms with van der Waals surface area (Å²) in [5, 5.41) is 0. The van der Waals surface area contributed by atoms with E-state index in [2.05, 4.69) is 4.90 Å². The average molecular weight is 147 g/mol. The first kappa shape index (κ1) is 9.88. The fourth-order valence-corrected chi connectivity index (χ4v) is 0.913. The minimum atomic E-state index is 0. The van der Waals surface area contributed by atoms with Crippen molar-refractivity contribution in [2.45, 2.75) is 7.43 Å². The Hall–Kier alpha value is -0.120. The number of hydrogen-bond acceptors (Lipinski definition) is 3. The Morgan fingerprint density at radius 3 is 2.50 bits per heavy atom. The van der Waals surface area contributed by atoms with E-state index in [1.165, 1.54) is 0 Å². The van der Waals surface area contributed by atoms with E-state index in [-0.39, 0.29) is 7.43 Å². The lowest BCUT2D eigenvalue weighted by Gasteiger charge is -2.25. The van der Waals surface area contributed by atoms with Crippen LogP contribution in [0.15, 0.2) is 0 Å². The average Bonchev–Trinajstić information content (AvgIpc) is 1.91. The number of morpholine rings is 1. The van der Waals surface area contributed by atoms with Crippen molar-refractivity contribution in [2.24, 2.45) is 0 Å². The maximum atomic E-state index is 5.15. The summed E-state index contributed by atoms with van der Waals surface area (Å²) in [6.45, 7) is 4.46. The molecular weight excluding hydrogens is 130 g/mol. The van der Waals surface area contributed by atoms with Gasteiger partial charge in [-0.3, -0.25) is 4.90 Å². The van der Waals surface area contributed by atoms with Crippen LogP contribution in [0.1, 0.15) is 7.43 Å². The second-order valence-corrected chi connectivity index (χ2v) is 2.15. The zero-order valence-corrected chi connectivity index (χ0v) is 5.80. The Labute approximate surface area is 62.9 Å². The van der Waals surface area contributed by atoms with Crippen molar-refractivity contribution >= 4 is 0 Å². The van der Waals surface area contributed by atoms with Crippen molar-refractivity contribution < 1.29 is 9.47 Å². The Bertz CT molecular complexity index is 69.3. The van der Waals surface area contributed by atoms with E-state index in [1.807, 2.05) is 0 Å². The minimum absolute atomic E-state index is 0. The SMILES string of the molecule is C.COCN1CCOCC1. The van der Waals surface area contributed by atoms with Crippen LogP contribution < -0.4 is 0 Å². The first-order chi connectivity index (χ1) is 4.43. The standard InChI is InChI=1S/C6H13NO2.CH4/c1-8-6-7-2-4-9-5-3-7;/h2-6H2,1H3;1H4. The Kier molecular flexibility index (Phi) is 5.58. The number of methoxy groups -OCH3 is 1. The van der Waals surface area contributed by atoms with Crippen molar-refractivity contribution in [1.29, 1.82) is 0 Å². The second-order valence-electron chi connectivity index (χ2n) is 2.15. The molecule has 0 unspecified atom stereocenters. The van der Waals surface area contributed by atoms with Crippen molar-refractivity contribution in [3.05, 3.63) is 0 Å². The second kappa shape index (κ2) is 5.65. The van der Waals surface area contributed by atoms with Gasteiger partial charge < -0.3 is 9.47 Å². The Morgan fingerprint density at radius 1 is 1.40 bits per heavy atom. The third kappa shape index (κ3) is 3.15. The van der Waals surface area contributed by atoms with E-state index in [0.29, 0.717) is 0 Å². The molecule has 1 saturated heterocycles. The van der Waals surface area contributed by atoms with Crippen LogP contribution in [0.25, 0.3) is 0 Å². The van der Waals surface area contributed by atoms with E-state index >= 15 is 0 Å². The van der Waals surface area contributed by atoms with Gasteiger partial charge in [0.2, 0.25) is 0 Å². The van der Waals surface area contributed by atoms with Gasteiger partial charge in [-0.2, -0.15) is 0 Å². The van der Waals surface area contributed by atoms with E-state index in [0.717, 1.165) is 33.0 Å². The van der Waals surface area contributed by atoms with Gasteiger partial charge in [-0.25, -0.2) is 0 Å². The van der Waals surface area contributed by atoms with Crippen LogP contribution >= 0.6 is 0 Å². The predicted molar refractivity (Wildman–Crippen MR) is 41.0 cm³/mol. The highest BCUT2D eigenvalue weighted by Crippen LogP contribution is 1.94. The van der Waals surface area contributed by atoms with Crippen LogP contribution in [-0.2, 0) is 9.47 Å². The van der Waals surface area contributed by atoms with Crippen LogP contribution in [0.5, 0.6) is 0 Å². The third-order valence-electron chi connectivity index (χ3n) is 1.42. The number of hydrogen-bond donors (Lipinski definition) is 0. The van der Waals surface area contributed by atoms with E-state index in [9.17, 15) is 0 Å². The lowest BCUT2D eigenvalue weighted by atomic mass is 10.5. The quantitative estimate of drug-likeness (QED) is 0.569. The van der Waals surface area contributed by atoms with Crippen LogP contribution in [0.3, 0.4) is 0 Å². The summed E-state index contributed by atoms with van der Waals surface area (Å²) in [4.78, 5) is 2.23. The fourth-order valence-electron chi connectivity index (χ4n) is 0.913. The first-order valence-corrected chi connectivity index (χ1v) is 3.22. The molecule has 1 heterocycles. The first-order valence-electron chi connectivity index (χ1n) is 3.22. The highest BCUT2D eigenvalue weighted by molar-refractivity contribution is 4.56. The number of nitrogens with zero attached hydrogens (tertiary/aromatic N) is 1. The molecule has 0 saturated carbocycles. The molecule has 3 heteroatoms. The molecule has 1 aliphatic heterocycles. The van der Waals surface area contributed by atoms with Crippen LogP contribution in [-0.4, -0.2) is 45.0 Å². The lowest BCUT2D eigenvalue weighted by molar-refractivity contribution is -0.0178. The molecule has 0 aliphatic carbocycles. The summed E-state index contributed by atoms with van der Waals surface area (Å²) in [7, 11) is 1.72. The largest absolute Gasteiger partial charge is 0.379 e. The normalized spacial score (nSPS) is 20.1. The van der Waals surface area contributed by atoms with Crippen LogP contribution in [0.2, 0.25) is 0 Å². The van der Waals surface area contributed by atoms with Gasteiger partial charge in [-0.05, 0) is 0 Å². The molecule has 0 atom stereocenters. The molecule has 10 heavy (non-hydrogen) atoms. The minimum Gasteiger partial charge on any atom is -0.379 e. The predicted octanol–water partition coefficient (Wildman–Crippen LogP) is 0.559. The zero-order chi connectivity index (χ0) is 6.53. The van der Waals surface area contributed by atoms with Crippen LogP contribution in [0.4, 0.5) is 0 Å². The summed E-state index contributed by atoms with van der Waals surface area (Å²) in [6.07, 6.45) is 0. The molecule has 0 bridgehead atoms. The van der Waals surface area contributed by atoms with Crippen molar-refractivity contribution in [2.75, 3.05) is 40.1 Å². The fraction of sp³-hybridized carbons (Fsp3) is 1.00. The van der Waals surface area contributed by atoms with Crippen LogP contribution in [0, 0.1) is 0 Å². The van der Waals surface area contributed by atoms with Gasteiger partial charge in [0.1, 0.15) is 0 Å². The molecule has 0 aromatic rings. The van der Waals surface area contributed by atoms with Gasteiger partial charge in [0.25, 0.3) is 0 Å². The van der Waals surface area contributed by atoms with Crippen molar-refractivity contribution in [3.8, 4) is 0 Å². The smallest absolute Gasteiger partial charge is 0.0987 e. The van der Waals surface area contributed by atoms with E-state index < -0.39 is 0 Å². The highest BCUT2D eigenvalue weighted by atomic mass is 16.5. The van der Waals surface area contributed by atoms with Gasteiger partial charge in [0.05, 0.1) is 19.9 Å².